The van der Waals surface area contributed by atoms with Gasteiger partial charge in [0.25, 0.3) is 0 Å². The highest BCUT2D eigenvalue weighted by molar-refractivity contribution is 7.95. The van der Waals surface area contributed by atoms with Crippen LogP contribution in [0.5, 0.6) is 0 Å². The summed E-state index contributed by atoms with van der Waals surface area (Å²) in [5.74, 6) is 0. The SMILES string of the molecule is NP(N)(=O)OP(N)(=O)NOOSC1CCCCC1. The van der Waals surface area contributed by atoms with Gasteiger partial charge in [-0.2, -0.15) is 0 Å². The maximum atomic E-state index is 11.4. The summed E-state index contributed by atoms with van der Waals surface area (Å²) in [6, 6.07) is 0. The zero-order valence-electron chi connectivity index (χ0n) is 9.69. The summed E-state index contributed by atoms with van der Waals surface area (Å²) in [5.41, 5.74) is 14.8. The minimum Gasteiger partial charge on any atom is -0.256 e. The number of nitrogens with one attached hydrogen (secondary N) is 1. The topological polar surface area (TPSA) is 152 Å². The normalized spacial score (nSPS) is 21.7. The molecule has 0 heterocycles. The van der Waals surface area contributed by atoms with Crippen LogP contribution < -0.4 is 21.8 Å². The molecule has 1 fully saturated rings. The van der Waals surface area contributed by atoms with Crippen LogP contribution in [0.4, 0.5) is 0 Å². The van der Waals surface area contributed by atoms with Crippen molar-refractivity contribution < 1.29 is 22.8 Å². The lowest BCUT2D eigenvalue weighted by Gasteiger charge is -2.19. The Morgan fingerprint density at radius 3 is 2.28 bits per heavy atom. The van der Waals surface area contributed by atoms with Gasteiger partial charge >= 0.3 is 15.3 Å². The standard InChI is InChI=1S/C6H18N4O5P2S/c7-16(8,11)15-17(9,12)10-13-14-18-6-4-2-1-3-5-6/h6H,1-5H2,(H4,7,8,11)(H3,9,10,12). The molecule has 9 nitrogen and oxygen atoms in total. The van der Waals surface area contributed by atoms with Crippen LogP contribution in [0.15, 0.2) is 0 Å². The van der Waals surface area contributed by atoms with Crippen molar-refractivity contribution in [2.45, 2.75) is 37.4 Å². The van der Waals surface area contributed by atoms with E-state index in [1.807, 2.05) is 0 Å². The molecule has 18 heavy (non-hydrogen) atoms. The number of rotatable bonds is 7. The van der Waals surface area contributed by atoms with Crippen molar-refractivity contribution in [2.24, 2.45) is 16.5 Å². The summed E-state index contributed by atoms with van der Waals surface area (Å²) >= 11 is 1.11. The summed E-state index contributed by atoms with van der Waals surface area (Å²) in [6.45, 7) is 0. The lowest BCUT2D eigenvalue weighted by atomic mass is 10.0. The molecular formula is C6H18N4O5P2S. The quantitative estimate of drug-likeness (QED) is 0.178. The molecule has 0 aromatic carbocycles. The molecule has 1 unspecified atom stereocenters. The largest absolute Gasteiger partial charge is 0.370 e. The Balaban J connectivity index is 2.16. The smallest absolute Gasteiger partial charge is 0.256 e. The summed E-state index contributed by atoms with van der Waals surface area (Å²) < 4.78 is 31.2. The van der Waals surface area contributed by atoms with Crippen molar-refractivity contribution in [1.82, 2.24) is 5.25 Å². The van der Waals surface area contributed by atoms with Crippen LogP contribution in [-0.4, -0.2) is 5.25 Å². The highest BCUT2D eigenvalue weighted by Crippen LogP contribution is 2.47. The maximum absolute atomic E-state index is 11.4. The van der Waals surface area contributed by atoms with Crippen LogP contribution in [-0.2, 0) is 22.8 Å². The molecule has 1 aliphatic carbocycles. The molecule has 1 rings (SSSR count). The summed E-state index contributed by atoms with van der Waals surface area (Å²) in [5, 5.41) is 2.12. The number of nitrogens with two attached hydrogens (primary N) is 3. The number of hydrogen-bond acceptors (Lipinski definition) is 6. The first kappa shape index (κ1) is 16.6. The fourth-order valence-electron chi connectivity index (χ4n) is 1.51. The Kier molecular flexibility index (Phi) is 6.77. The van der Waals surface area contributed by atoms with E-state index < -0.39 is 15.3 Å². The molecule has 0 saturated heterocycles. The fourth-order valence-corrected chi connectivity index (χ4v) is 4.06. The van der Waals surface area contributed by atoms with Gasteiger partial charge in [0.1, 0.15) is 0 Å². The van der Waals surface area contributed by atoms with Crippen molar-refractivity contribution in [2.75, 3.05) is 0 Å². The average Bonchev–Trinajstić information content (AvgIpc) is 2.23. The zero-order chi connectivity index (χ0) is 13.6. The van der Waals surface area contributed by atoms with E-state index in [9.17, 15) is 9.13 Å². The molecule has 0 amide bonds. The van der Waals surface area contributed by atoms with Gasteiger partial charge in [0.05, 0.1) is 0 Å². The van der Waals surface area contributed by atoms with E-state index in [1.165, 1.54) is 6.42 Å². The third kappa shape index (κ3) is 7.85. The minimum absolute atomic E-state index is 0.328. The predicted molar refractivity (Wildman–Crippen MR) is 68.6 cm³/mol. The Morgan fingerprint density at radius 1 is 1.11 bits per heavy atom. The van der Waals surface area contributed by atoms with Gasteiger partial charge in [-0.1, -0.05) is 24.5 Å². The van der Waals surface area contributed by atoms with Crippen LogP contribution >= 0.6 is 27.4 Å². The third-order valence-electron chi connectivity index (χ3n) is 2.18. The first-order chi connectivity index (χ1) is 8.29. The molecule has 108 valence electrons. The Morgan fingerprint density at radius 2 is 1.72 bits per heavy atom. The van der Waals surface area contributed by atoms with Gasteiger partial charge < -0.3 is 0 Å². The maximum Gasteiger partial charge on any atom is 0.370 e. The molecule has 7 N–H and O–H groups in total. The zero-order valence-corrected chi connectivity index (χ0v) is 12.3. The Hall–Kier alpha value is 0.530. The van der Waals surface area contributed by atoms with Crippen LogP contribution in [0.1, 0.15) is 32.1 Å². The van der Waals surface area contributed by atoms with Gasteiger partial charge in [-0.15, -0.1) is 9.32 Å². The first-order valence-electron chi connectivity index (χ1n) is 5.32. The van der Waals surface area contributed by atoms with E-state index >= 15 is 0 Å². The average molecular weight is 320 g/mol. The Bertz CT molecular complexity index is 347. The second kappa shape index (κ2) is 7.35. The number of hydrogen-bond donors (Lipinski definition) is 4. The second-order valence-corrected chi connectivity index (χ2v) is 8.24. The molecule has 0 aromatic rings. The van der Waals surface area contributed by atoms with Crippen LogP contribution in [0.2, 0.25) is 0 Å². The molecular weight excluding hydrogens is 302 g/mol. The minimum atomic E-state index is -4.01. The monoisotopic (exact) mass is 320 g/mol. The van der Waals surface area contributed by atoms with Gasteiger partial charge in [-0.3, -0.25) is 9.13 Å². The van der Waals surface area contributed by atoms with Gasteiger partial charge in [0, 0.05) is 17.3 Å². The van der Waals surface area contributed by atoms with E-state index in [0.717, 1.165) is 37.7 Å². The molecule has 1 atom stereocenters. The van der Waals surface area contributed by atoms with Gasteiger partial charge in [0.2, 0.25) is 0 Å². The second-order valence-electron chi connectivity index (χ2n) is 3.92. The van der Waals surface area contributed by atoms with E-state index in [1.54, 1.807) is 5.25 Å². The molecule has 0 radical (unpaired) electrons. The van der Waals surface area contributed by atoms with Gasteiger partial charge in [0.15, 0.2) is 0 Å². The van der Waals surface area contributed by atoms with Gasteiger partial charge in [-0.05, 0) is 12.8 Å². The third-order valence-corrected chi connectivity index (χ3v) is 5.39. The van der Waals surface area contributed by atoms with Gasteiger partial charge in [-0.25, -0.2) is 20.8 Å². The lowest BCUT2D eigenvalue weighted by molar-refractivity contribution is -0.222. The van der Waals surface area contributed by atoms with Crippen molar-refractivity contribution in [3.05, 3.63) is 0 Å². The molecule has 12 heteroatoms. The molecule has 0 spiro atoms. The fraction of sp³-hybridized carbons (Fsp3) is 1.00. The van der Waals surface area contributed by atoms with Crippen LogP contribution in [0.25, 0.3) is 0 Å². The molecule has 0 bridgehead atoms. The van der Waals surface area contributed by atoms with E-state index in [4.69, 9.17) is 20.8 Å². The Labute approximate surface area is 110 Å². The van der Waals surface area contributed by atoms with E-state index in [2.05, 4.69) is 9.30 Å². The predicted octanol–water partition coefficient (Wildman–Crippen LogP) is 1.53. The summed E-state index contributed by atoms with van der Waals surface area (Å²) in [7, 11) is -7.96. The molecule has 0 aromatic heterocycles. The lowest BCUT2D eigenvalue weighted by Crippen LogP contribution is -2.21. The highest BCUT2D eigenvalue weighted by atomic mass is 32.2. The van der Waals surface area contributed by atoms with E-state index in [0.29, 0.717) is 5.25 Å². The summed E-state index contributed by atoms with van der Waals surface area (Å²) in [4.78, 5) is 4.41. The van der Waals surface area contributed by atoms with E-state index in [-0.39, 0.29) is 0 Å². The van der Waals surface area contributed by atoms with Crippen molar-refractivity contribution in [1.29, 1.82) is 0 Å². The van der Waals surface area contributed by atoms with Crippen molar-refractivity contribution in [3.63, 3.8) is 0 Å². The van der Waals surface area contributed by atoms with Crippen LogP contribution in [0.3, 0.4) is 0 Å². The molecule has 0 aliphatic heterocycles. The molecule has 1 saturated carbocycles. The first-order valence-corrected chi connectivity index (χ1v) is 9.58. The molecule has 1 aliphatic rings. The highest BCUT2D eigenvalue weighted by Gasteiger charge is 2.27. The summed E-state index contributed by atoms with van der Waals surface area (Å²) in [6.07, 6.45) is 5.59. The van der Waals surface area contributed by atoms with Crippen molar-refractivity contribution >= 4 is 27.4 Å². The van der Waals surface area contributed by atoms with Crippen molar-refractivity contribution in [3.8, 4) is 0 Å². The van der Waals surface area contributed by atoms with Crippen LogP contribution in [0, 0.1) is 0 Å².